The van der Waals surface area contributed by atoms with E-state index in [1.807, 2.05) is 92.7 Å². The number of aliphatic hydroxyl groups is 1. The number of carbonyl (C=O) groups is 4. The molecule has 5 heterocycles. The standard InChI is InChI=1S/C57H75N11O6S/c1-38-52(75-37-61-38)40-21-19-39(20-22-40)34-60-55(72)48-32-43(69)35-68(48)56(73)53(57(2,3)4)62-50(70)17-9-7-5-6-8-10-18-51(71)66-30-28-65(29-31-66)41-23-25-42(26-24-41)67-27-13-14-44(36-67)74-49-33-47(63-64-54(49)59)45-15-11-12-16-46(45)58/h11-12,15-16,19-26,33,37,43-44,48,53,69H,5-10,13-14,17-18,27-32,34-36,58H2,1-4H3,(H2,59,64)(H,60,72)(H,62,70)/t43-,44?,48+,53-/m1/s1. The van der Waals surface area contributed by atoms with E-state index in [0.29, 0.717) is 43.1 Å². The van der Waals surface area contributed by atoms with Gasteiger partial charge in [-0.15, -0.1) is 21.5 Å². The fourth-order valence-electron chi connectivity index (χ4n) is 10.3. The third-order valence-corrected chi connectivity index (χ3v) is 15.6. The Labute approximate surface area is 445 Å². The number of thiazole rings is 1. The first-order valence-electron chi connectivity index (χ1n) is 26.7. The molecule has 3 fully saturated rings. The maximum Gasteiger partial charge on any atom is 0.246 e. The molecule has 0 bridgehead atoms. The minimum atomic E-state index is -0.864. The van der Waals surface area contributed by atoms with Crippen molar-refractivity contribution in [2.24, 2.45) is 5.41 Å². The van der Waals surface area contributed by atoms with Gasteiger partial charge in [0.15, 0.2) is 11.6 Å². The SMILES string of the molecule is Cc1ncsc1-c1ccc(CNC(=O)[C@@H]2C[C@@H](O)CN2C(=O)[C@@H](NC(=O)CCCCCCCCC(=O)N2CCN(c3ccc(N4CCCC(Oc5cc(-c6ccccc6N)nnc5N)C4)cc3)CC2)C(C)(C)C)cc1. The van der Waals surface area contributed by atoms with Crippen LogP contribution in [0.15, 0.2) is 84.4 Å². The van der Waals surface area contributed by atoms with Crippen LogP contribution in [0.5, 0.6) is 5.75 Å². The molecule has 5 aromatic rings. The van der Waals surface area contributed by atoms with E-state index in [4.69, 9.17) is 16.2 Å². The molecule has 18 heteroatoms. The molecule has 4 atom stereocenters. The van der Waals surface area contributed by atoms with Crippen molar-refractivity contribution in [3.63, 3.8) is 0 Å². The van der Waals surface area contributed by atoms with Crippen LogP contribution in [0.1, 0.15) is 103 Å². The summed E-state index contributed by atoms with van der Waals surface area (Å²) in [6.45, 7) is 12.6. The van der Waals surface area contributed by atoms with E-state index in [9.17, 15) is 24.3 Å². The number of rotatable bonds is 20. The number of nitrogen functional groups attached to an aromatic ring is 2. The minimum absolute atomic E-state index is 0.0260. The molecule has 2 aromatic heterocycles. The quantitative estimate of drug-likeness (QED) is 0.0380. The van der Waals surface area contributed by atoms with Crippen LogP contribution in [0.2, 0.25) is 0 Å². The Morgan fingerprint density at radius 3 is 2.19 bits per heavy atom. The largest absolute Gasteiger partial charge is 0.485 e. The number of nitrogens with one attached hydrogen (secondary N) is 2. The number of anilines is 4. The van der Waals surface area contributed by atoms with Crippen molar-refractivity contribution in [2.45, 2.75) is 129 Å². The lowest BCUT2D eigenvalue weighted by Gasteiger charge is -2.37. The topological polar surface area (TPSA) is 225 Å². The summed E-state index contributed by atoms with van der Waals surface area (Å²) in [5.41, 5.74) is 20.8. The Hall–Kier alpha value is -6.79. The number of aryl methyl sites for hydroxylation is 1. The molecule has 75 heavy (non-hydrogen) atoms. The summed E-state index contributed by atoms with van der Waals surface area (Å²) >= 11 is 1.58. The number of carbonyl (C=O) groups excluding carboxylic acids is 4. The number of piperidine rings is 1. The summed E-state index contributed by atoms with van der Waals surface area (Å²) in [5, 5.41) is 25.0. The highest BCUT2D eigenvalue weighted by molar-refractivity contribution is 7.13. The molecule has 17 nitrogen and oxygen atoms in total. The van der Waals surface area contributed by atoms with Gasteiger partial charge in [-0.1, -0.05) is 88.9 Å². The van der Waals surface area contributed by atoms with Crippen LogP contribution >= 0.6 is 11.3 Å². The fraction of sp³-hybridized carbons (Fsp3) is 0.491. The van der Waals surface area contributed by atoms with Gasteiger partial charge in [0, 0.05) is 93.8 Å². The zero-order valence-electron chi connectivity index (χ0n) is 44.0. The molecule has 3 saturated heterocycles. The second-order valence-electron chi connectivity index (χ2n) is 21.3. The van der Waals surface area contributed by atoms with Gasteiger partial charge in [-0.25, -0.2) is 4.98 Å². The molecular formula is C57H75N11O6S. The minimum Gasteiger partial charge on any atom is -0.485 e. The number of nitrogens with zero attached hydrogens (tertiary/aromatic N) is 7. The molecule has 0 saturated carbocycles. The highest BCUT2D eigenvalue weighted by Gasteiger charge is 2.44. The molecule has 3 aliphatic rings. The average molecular weight is 1040 g/mol. The molecule has 0 spiro atoms. The molecule has 400 valence electrons. The number of likely N-dealkylation sites (tertiary alicyclic amines) is 1. The second kappa shape index (κ2) is 25.2. The van der Waals surface area contributed by atoms with E-state index in [2.05, 4.69) is 59.9 Å². The van der Waals surface area contributed by atoms with Crippen LogP contribution in [-0.4, -0.2) is 124 Å². The Morgan fingerprint density at radius 2 is 1.51 bits per heavy atom. The summed E-state index contributed by atoms with van der Waals surface area (Å²) in [7, 11) is 0. The first-order chi connectivity index (χ1) is 36.1. The van der Waals surface area contributed by atoms with Crippen molar-refractivity contribution >= 4 is 57.8 Å². The number of piperazine rings is 1. The molecule has 7 N–H and O–H groups in total. The number of aliphatic hydroxyl groups excluding tert-OH is 1. The van der Waals surface area contributed by atoms with E-state index < -0.39 is 23.6 Å². The first kappa shape index (κ1) is 54.5. The van der Waals surface area contributed by atoms with E-state index in [0.717, 1.165) is 110 Å². The number of aromatic nitrogens is 3. The maximum atomic E-state index is 14.1. The predicted molar refractivity (Wildman–Crippen MR) is 296 cm³/mol. The van der Waals surface area contributed by atoms with Gasteiger partial charge in [0.25, 0.3) is 0 Å². The van der Waals surface area contributed by atoms with Crippen LogP contribution in [0.4, 0.5) is 22.9 Å². The number of amides is 4. The number of hydrogen-bond acceptors (Lipinski definition) is 14. The monoisotopic (exact) mass is 1040 g/mol. The van der Waals surface area contributed by atoms with Crippen molar-refractivity contribution in [1.29, 1.82) is 0 Å². The van der Waals surface area contributed by atoms with E-state index in [1.165, 1.54) is 4.90 Å². The number of β-amino-alcohol motifs (C(OH)–C–C–N with tert-alkyl or cyclic N) is 1. The highest BCUT2D eigenvalue weighted by atomic mass is 32.1. The summed E-state index contributed by atoms with van der Waals surface area (Å²) in [6, 6.07) is 24.3. The van der Waals surface area contributed by atoms with Gasteiger partial charge < -0.3 is 51.5 Å². The molecule has 3 aliphatic heterocycles. The number of unbranched alkanes of at least 4 members (excludes halogenated alkanes) is 5. The van der Waals surface area contributed by atoms with Gasteiger partial charge in [0.1, 0.15) is 18.2 Å². The Bertz CT molecular complexity index is 2720. The molecule has 3 aromatic carbocycles. The van der Waals surface area contributed by atoms with E-state index >= 15 is 0 Å². The summed E-state index contributed by atoms with van der Waals surface area (Å²) in [5.74, 6) is 0.0537. The van der Waals surface area contributed by atoms with Crippen molar-refractivity contribution in [1.82, 2.24) is 35.6 Å². The number of hydrogen-bond donors (Lipinski definition) is 5. The van der Waals surface area contributed by atoms with Gasteiger partial charge >= 0.3 is 0 Å². The fourth-order valence-corrected chi connectivity index (χ4v) is 11.1. The Kier molecular flexibility index (Phi) is 18.3. The lowest BCUT2D eigenvalue weighted by Crippen LogP contribution is -2.57. The van der Waals surface area contributed by atoms with Crippen LogP contribution in [-0.2, 0) is 25.7 Å². The van der Waals surface area contributed by atoms with Gasteiger partial charge in [-0.2, -0.15) is 0 Å². The maximum absolute atomic E-state index is 14.1. The van der Waals surface area contributed by atoms with Crippen molar-refractivity contribution < 1.29 is 29.0 Å². The normalized spacial score (nSPS) is 18.4. The Balaban J connectivity index is 0.695. The number of nitrogens with two attached hydrogens (primary N) is 2. The predicted octanol–water partition coefficient (Wildman–Crippen LogP) is 7.37. The van der Waals surface area contributed by atoms with Crippen LogP contribution in [0.3, 0.4) is 0 Å². The number of ether oxygens (including phenoxy) is 1. The molecule has 0 aliphatic carbocycles. The molecule has 0 radical (unpaired) electrons. The van der Waals surface area contributed by atoms with Crippen molar-refractivity contribution in [2.75, 3.05) is 67.1 Å². The van der Waals surface area contributed by atoms with Gasteiger partial charge in [0.2, 0.25) is 23.6 Å². The Morgan fingerprint density at radius 1 is 0.827 bits per heavy atom. The highest BCUT2D eigenvalue weighted by Crippen LogP contribution is 2.33. The average Bonchev–Trinajstić information content (AvgIpc) is 4.03. The molecule has 4 amide bonds. The van der Waals surface area contributed by atoms with Gasteiger partial charge in [-0.05, 0) is 79.5 Å². The summed E-state index contributed by atoms with van der Waals surface area (Å²) in [6.07, 6.45) is 7.20. The van der Waals surface area contributed by atoms with Gasteiger partial charge in [-0.3, -0.25) is 19.2 Å². The first-order valence-corrected chi connectivity index (χ1v) is 27.6. The van der Waals surface area contributed by atoms with Gasteiger partial charge in [0.05, 0.1) is 34.4 Å². The zero-order valence-corrected chi connectivity index (χ0v) is 44.8. The molecule has 8 rings (SSSR count). The summed E-state index contributed by atoms with van der Waals surface area (Å²) < 4.78 is 6.42. The van der Waals surface area contributed by atoms with E-state index in [1.54, 1.807) is 11.3 Å². The number of para-hydroxylation sites is 1. The summed E-state index contributed by atoms with van der Waals surface area (Å²) in [4.78, 5) is 67.5. The molecule has 1 unspecified atom stereocenters. The van der Waals surface area contributed by atoms with Crippen LogP contribution in [0.25, 0.3) is 21.7 Å². The van der Waals surface area contributed by atoms with Crippen LogP contribution < -0.4 is 36.6 Å². The zero-order chi connectivity index (χ0) is 53.1. The second-order valence-corrected chi connectivity index (χ2v) is 22.2. The molecular weight excluding hydrogens is 967 g/mol. The third kappa shape index (κ3) is 14.3. The number of benzene rings is 3. The lowest BCUT2D eigenvalue weighted by molar-refractivity contribution is -0.144. The van der Waals surface area contributed by atoms with Crippen LogP contribution in [0, 0.1) is 12.3 Å². The van der Waals surface area contributed by atoms with Crippen molar-refractivity contribution in [3.8, 4) is 27.4 Å². The van der Waals surface area contributed by atoms with E-state index in [-0.39, 0.29) is 61.5 Å². The third-order valence-electron chi connectivity index (χ3n) is 14.7. The van der Waals surface area contributed by atoms with Crippen molar-refractivity contribution in [3.05, 3.63) is 95.6 Å². The lowest BCUT2D eigenvalue weighted by atomic mass is 9.85. The smallest absolute Gasteiger partial charge is 0.246 e.